The number of halogens is 1. The van der Waals surface area contributed by atoms with Crippen LogP contribution in [-0.2, 0) is 0 Å². The number of rotatable bonds is 4. The molecule has 0 radical (unpaired) electrons. The molecule has 1 heterocycles. The fourth-order valence-corrected chi connectivity index (χ4v) is 4.24. The zero-order valence-corrected chi connectivity index (χ0v) is 10.4. The van der Waals surface area contributed by atoms with Gasteiger partial charge in [-0.15, -0.1) is 10.2 Å². The Morgan fingerprint density at radius 3 is 2.92 bits per heavy atom. The van der Waals surface area contributed by atoms with Gasteiger partial charge in [0.25, 0.3) is 0 Å². The molecule has 1 aromatic heterocycles. The van der Waals surface area contributed by atoms with Crippen molar-refractivity contribution in [2.24, 2.45) is 5.41 Å². The second-order valence-electron chi connectivity index (χ2n) is 3.48. The summed E-state index contributed by atoms with van der Waals surface area (Å²) in [7, 11) is 0. The largest absolute Gasteiger partial charge is 0.174 e. The fourth-order valence-electron chi connectivity index (χ4n) is 1.43. The Hall–Kier alpha value is 0.390. The van der Waals surface area contributed by atoms with Gasteiger partial charge in [-0.05, 0) is 18.3 Å². The van der Waals surface area contributed by atoms with Crippen molar-refractivity contribution in [1.82, 2.24) is 10.2 Å². The van der Waals surface area contributed by atoms with Crippen LogP contribution in [0.3, 0.4) is 0 Å². The lowest BCUT2D eigenvalue weighted by atomic mass is 9.72. The van der Waals surface area contributed by atoms with Crippen molar-refractivity contribution in [3.05, 3.63) is 5.51 Å². The normalized spacial score (nSPS) is 19.8. The number of aromatic nitrogens is 2. The molecule has 0 saturated heterocycles. The van der Waals surface area contributed by atoms with Gasteiger partial charge in [0.1, 0.15) is 5.51 Å². The maximum atomic E-state index is 4.03. The minimum Gasteiger partial charge on any atom is -0.146 e. The van der Waals surface area contributed by atoms with Crippen LogP contribution in [-0.4, -0.2) is 21.3 Å². The molecule has 0 unspecified atom stereocenters. The molecule has 1 aliphatic rings. The third-order valence-electron chi connectivity index (χ3n) is 2.54. The van der Waals surface area contributed by atoms with Gasteiger partial charge in [-0.25, -0.2) is 0 Å². The number of nitrogens with zero attached hydrogens (tertiary/aromatic N) is 2. The van der Waals surface area contributed by atoms with Crippen LogP contribution < -0.4 is 0 Å². The lowest BCUT2D eigenvalue weighted by Crippen LogP contribution is -2.33. The molecule has 0 aromatic carbocycles. The predicted octanol–water partition coefficient (Wildman–Crippen LogP) is 3.20. The van der Waals surface area contributed by atoms with Crippen LogP contribution in [0.2, 0.25) is 0 Å². The first-order valence-electron chi connectivity index (χ1n) is 4.30. The molecular weight excluding hydrogens is 268 g/mol. The van der Waals surface area contributed by atoms with Gasteiger partial charge in [0.15, 0.2) is 4.34 Å². The van der Waals surface area contributed by atoms with Crippen LogP contribution in [0.5, 0.6) is 0 Å². The van der Waals surface area contributed by atoms with E-state index in [1.54, 1.807) is 16.8 Å². The molecule has 0 spiro atoms. The molecule has 1 fully saturated rings. The molecule has 0 bridgehead atoms. The summed E-state index contributed by atoms with van der Waals surface area (Å²) in [4.78, 5) is 0. The van der Waals surface area contributed by atoms with Crippen LogP contribution in [0.25, 0.3) is 0 Å². The van der Waals surface area contributed by atoms with E-state index in [-0.39, 0.29) is 0 Å². The molecule has 1 saturated carbocycles. The smallest absolute Gasteiger partial charge is 0.146 e. The van der Waals surface area contributed by atoms with Gasteiger partial charge < -0.3 is 0 Å². The molecule has 72 valence electrons. The molecule has 1 aromatic rings. The van der Waals surface area contributed by atoms with Crippen molar-refractivity contribution < 1.29 is 0 Å². The number of hydrogen-bond acceptors (Lipinski definition) is 4. The Kier molecular flexibility index (Phi) is 3.26. The molecule has 0 aliphatic heterocycles. The maximum Gasteiger partial charge on any atom is 0.174 e. The summed E-state index contributed by atoms with van der Waals surface area (Å²) in [5.41, 5.74) is 2.35. The fraction of sp³-hybridized carbons (Fsp3) is 0.750. The molecule has 13 heavy (non-hydrogen) atoms. The van der Waals surface area contributed by atoms with Crippen molar-refractivity contribution in [2.75, 3.05) is 11.1 Å². The summed E-state index contributed by atoms with van der Waals surface area (Å²) in [5.74, 6) is 1.19. The van der Waals surface area contributed by atoms with E-state index in [0.717, 1.165) is 9.67 Å². The highest BCUT2D eigenvalue weighted by atomic mass is 79.9. The highest BCUT2D eigenvalue weighted by Gasteiger charge is 2.35. The average molecular weight is 279 g/mol. The van der Waals surface area contributed by atoms with Crippen molar-refractivity contribution in [3.8, 4) is 0 Å². The third-order valence-corrected chi connectivity index (χ3v) is 5.94. The molecule has 1 aliphatic carbocycles. The second-order valence-corrected chi connectivity index (χ2v) is 6.10. The Morgan fingerprint density at radius 2 is 2.46 bits per heavy atom. The molecular formula is C8H11BrN2S2. The van der Waals surface area contributed by atoms with Gasteiger partial charge in [-0.3, -0.25) is 0 Å². The van der Waals surface area contributed by atoms with E-state index < -0.39 is 0 Å². The zero-order chi connectivity index (χ0) is 9.15. The summed E-state index contributed by atoms with van der Waals surface area (Å²) in [6.07, 6.45) is 4.12. The SMILES string of the molecule is BrCC1(CSc2nncs2)CCC1. The van der Waals surface area contributed by atoms with Gasteiger partial charge in [-0.2, -0.15) is 0 Å². The highest BCUT2D eigenvalue weighted by Crippen LogP contribution is 2.45. The first kappa shape index (κ1) is 9.93. The first-order valence-corrected chi connectivity index (χ1v) is 7.28. The van der Waals surface area contributed by atoms with Gasteiger partial charge >= 0.3 is 0 Å². The number of alkyl halides is 1. The minimum absolute atomic E-state index is 0.552. The van der Waals surface area contributed by atoms with Gasteiger partial charge in [0.05, 0.1) is 0 Å². The predicted molar refractivity (Wildman–Crippen MR) is 60.7 cm³/mol. The zero-order valence-electron chi connectivity index (χ0n) is 7.20. The molecule has 5 heteroatoms. The van der Waals surface area contributed by atoms with Crippen molar-refractivity contribution in [1.29, 1.82) is 0 Å². The van der Waals surface area contributed by atoms with E-state index in [4.69, 9.17) is 0 Å². The Morgan fingerprint density at radius 1 is 1.62 bits per heavy atom. The standard InChI is InChI=1S/C8H11BrN2S2/c9-4-8(2-1-3-8)5-12-7-11-10-6-13-7/h6H,1-5H2. The van der Waals surface area contributed by atoms with Crippen molar-refractivity contribution in [3.63, 3.8) is 0 Å². The van der Waals surface area contributed by atoms with E-state index in [1.807, 2.05) is 11.8 Å². The average Bonchev–Trinajstić information content (AvgIpc) is 2.56. The van der Waals surface area contributed by atoms with Gasteiger partial charge in [0, 0.05) is 11.1 Å². The van der Waals surface area contributed by atoms with Crippen molar-refractivity contribution in [2.45, 2.75) is 23.6 Å². The summed E-state index contributed by atoms with van der Waals surface area (Å²) in [6.45, 7) is 0. The van der Waals surface area contributed by atoms with Crippen LogP contribution in [0, 0.1) is 5.41 Å². The molecule has 2 rings (SSSR count). The van der Waals surface area contributed by atoms with Crippen molar-refractivity contribution >= 4 is 39.0 Å². The maximum absolute atomic E-state index is 4.03. The highest BCUT2D eigenvalue weighted by molar-refractivity contribution is 9.09. The minimum atomic E-state index is 0.552. The van der Waals surface area contributed by atoms with E-state index in [9.17, 15) is 0 Å². The van der Waals surface area contributed by atoms with Gasteiger partial charge in [0.2, 0.25) is 0 Å². The van der Waals surface area contributed by atoms with Crippen LogP contribution in [0.1, 0.15) is 19.3 Å². The Balaban J connectivity index is 1.84. The first-order chi connectivity index (χ1) is 6.35. The molecule has 0 atom stereocenters. The van der Waals surface area contributed by atoms with Crippen LogP contribution in [0.15, 0.2) is 9.85 Å². The Labute approximate surface area is 94.7 Å². The molecule has 0 amide bonds. The summed E-state index contributed by atoms with van der Waals surface area (Å²) >= 11 is 7.09. The number of hydrogen-bond donors (Lipinski definition) is 0. The topological polar surface area (TPSA) is 25.8 Å². The quantitative estimate of drug-likeness (QED) is 0.625. The van der Waals surface area contributed by atoms with Crippen LogP contribution >= 0.6 is 39.0 Å². The molecule has 2 nitrogen and oxygen atoms in total. The lowest BCUT2D eigenvalue weighted by Gasteiger charge is -2.39. The monoisotopic (exact) mass is 278 g/mol. The van der Waals surface area contributed by atoms with E-state index in [0.29, 0.717) is 5.41 Å². The van der Waals surface area contributed by atoms with E-state index in [1.165, 1.54) is 25.0 Å². The summed E-state index contributed by atoms with van der Waals surface area (Å²) in [5, 5.41) is 8.99. The van der Waals surface area contributed by atoms with Crippen LogP contribution in [0.4, 0.5) is 0 Å². The van der Waals surface area contributed by atoms with E-state index in [2.05, 4.69) is 26.1 Å². The second kappa shape index (κ2) is 4.28. The lowest BCUT2D eigenvalue weighted by molar-refractivity contribution is 0.206. The third kappa shape index (κ3) is 2.25. The summed E-state index contributed by atoms with van der Waals surface area (Å²) in [6, 6.07) is 0. The van der Waals surface area contributed by atoms with Gasteiger partial charge in [-0.1, -0.05) is 45.4 Å². The summed E-state index contributed by atoms with van der Waals surface area (Å²) < 4.78 is 1.10. The Bertz CT molecular complexity index is 254. The molecule has 0 N–H and O–H groups in total. The number of thioether (sulfide) groups is 1. The van der Waals surface area contributed by atoms with E-state index >= 15 is 0 Å².